The molecule has 0 unspecified atom stereocenters. The summed E-state index contributed by atoms with van der Waals surface area (Å²) in [5.74, 6) is -0.959. The molecule has 0 saturated carbocycles. The maximum absolute atomic E-state index is 12.5. The summed E-state index contributed by atoms with van der Waals surface area (Å²) in [6.07, 6.45) is 3.06. The molecule has 0 bridgehead atoms. The quantitative estimate of drug-likeness (QED) is 0.449. The van der Waals surface area contributed by atoms with Crippen molar-refractivity contribution in [1.29, 1.82) is 0 Å². The Balaban J connectivity index is 1.77. The van der Waals surface area contributed by atoms with E-state index in [2.05, 4.69) is 25.9 Å². The Hall–Kier alpha value is -4.03. The molecular weight excluding hydrogens is 382 g/mol. The van der Waals surface area contributed by atoms with Gasteiger partial charge in [0.25, 0.3) is 11.8 Å². The highest BCUT2D eigenvalue weighted by molar-refractivity contribution is 6.07. The monoisotopic (exact) mass is 401 g/mol. The van der Waals surface area contributed by atoms with E-state index in [1.807, 2.05) is 0 Å². The molecule has 3 aromatic rings. The van der Waals surface area contributed by atoms with E-state index in [1.165, 1.54) is 33.4 Å². The van der Waals surface area contributed by atoms with Gasteiger partial charge in [0, 0.05) is 26.5 Å². The SMILES string of the molecule is CNC(=O)c1nn(C)cc1NC(=O)c1ccn(Cn2nc(C)c([N+](=O)[O-])c2C)n1. The second-order valence-corrected chi connectivity index (χ2v) is 6.26. The number of anilines is 1. The molecule has 0 fully saturated rings. The third-order valence-electron chi connectivity index (χ3n) is 4.20. The minimum Gasteiger partial charge on any atom is -0.354 e. The molecule has 3 aromatic heterocycles. The third kappa shape index (κ3) is 3.83. The number of aryl methyl sites for hydroxylation is 2. The summed E-state index contributed by atoms with van der Waals surface area (Å²) in [6, 6.07) is 1.49. The number of hydrogen-bond donors (Lipinski definition) is 2. The maximum Gasteiger partial charge on any atom is 0.312 e. The molecule has 152 valence electrons. The zero-order chi connectivity index (χ0) is 21.3. The molecule has 29 heavy (non-hydrogen) atoms. The van der Waals surface area contributed by atoms with E-state index in [1.54, 1.807) is 27.1 Å². The summed E-state index contributed by atoms with van der Waals surface area (Å²) in [6.45, 7) is 3.25. The van der Waals surface area contributed by atoms with E-state index in [9.17, 15) is 19.7 Å². The summed E-state index contributed by atoms with van der Waals surface area (Å²) in [7, 11) is 3.10. The van der Waals surface area contributed by atoms with Gasteiger partial charge in [0.05, 0.1) is 10.6 Å². The number of hydrogen-bond acceptors (Lipinski definition) is 7. The summed E-state index contributed by atoms with van der Waals surface area (Å²) in [4.78, 5) is 35.0. The average molecular weight is 401 g/mol. The van der Waals surface area contributed by atoms with Gasteiger partial charge < -0.3 is 10.6 Å². The van der Waals surface area contributed by atoms with Crippen molar-refractivity contribution in [2.24, 2.45) is 7.05 Å². The Bertz CT molecular complexity index is 1110. The predicted octanol–water partition coefficient (Wildman–Crippen LogP) is 0.456. The Kier molecular flexibility index (Phi) is 5.12. The normalized spacial score (nSPS) is 10.8. The second kappa shape index (κ2) is 7.53. The highest BCUT2D eigenvalue weighted by Crippen LogP contribution is 2.21. The van der Waals surface area contributed by atoms with Gasteiger partial charge >= 0.3 is 5.69 Å². The molecule has 2 amide bonds. The molecule has 0 saturated heterocycles. The Labute approximate surface area is 164 Å². The fourth-order valence-electron chi connectivity index (χ4n) is 2.84. The van der Waals surface area contributed by atoms with Crippen LogP contribution < -0.4 is 10.6 Å². The first-order valence-corrected chi connectivity index (χ1v) is 8.50. The number of nitrogens with one attached hydrogen (secondary N) is 2. The molecular formula is C16H19N9O4. The molecule has 0 radical (unpaired) electrons. The lowest BCUT2D eigenvalue weighted by Gasteiger charge is -2.04. The fraction of sp³-hybridized carbons (Fsp3) is 0.312. The lowest BCUT2D eigenvalue weighted by Crippen LogP contribution is -2.22. The summed E-state index contributed by atoms with van der Waals surface area (Å²) < 4.78 is 4.28. The molecule has 13 heteroatoms. The largest absolute Gasteiger partial charge is 0.354 e. The van der Waals surface area contributed by atoms with Gasteiger partial charge in [-0.25, -0.2) is 4.68 Å². The van der Waals surface area contributed by atoms with Crippen LogP contribution in [0.1, 0.15) is 32.4 Å². The number of amides is 2. The van der Waals surface area contributed by atoms with Gasteiger partial charge in [-0.15, -0.1) is 0 Å². The van der Waals surface area contributed by atoms with Crippen molar-refractivity contribution in [3.05, 3.63) is 51.4 Å². The first-order valence-electron chi connectivity index (χ1n) is 8.50. The molecule has 13 nitrogen and oxygen atoms in total. The number of aromatic nitrogens is 6. The van der Waals surface area contributed by atoms with Crippen molar-refractivity contribution in [3.8, 4) is 0 Å². The molecule has 2 N–H and O–H groups in total. The van der Waals surface area contributed by atoms with Crippen molar-refractivity contribution in [3.63, 3.8) is 0 Å². The summed E-state index contributed by atoms with van der Waals surface area (Å²) >= 11 is 0. The van der Waals surface area contributed by atoms with Crippen LogP contribution in [0.2, 0.25) is 0 Å². The van der Waals surface area contributed by atoms with Crippen molar-refractivity contribution in [2.75, 3.05) is 12.4 Å². The van der Waals surface area contributed by atoms with Crippen molar-refractivity contribution in [2.45, 2.75) is 20.5 Å². The molecule has 0 aromatic carbocycles. The van der Waals surface area contributed by atoms with Crippen LogP contribution in [-0.2, 0) is 13.7 Å². The van der Waals surface area contributed by atoms with E-state index in [0.29, 0.717) is 11.4 Å². The zero-order valence-electron chi connectivity index (χ0n) is 16.2. The maximum atomic E-state index is 12.5. The summed E-state index contributed by atoms with van der Waals surface area (Å²) in [5, 5.41) is 28.5. The molecule has 3 heterocycles. The van der Waals surface area contributed by atoms with Gasteiger partial charge in [-0.1, -0.05) is 0 Å². The number of carbonyl (C=O) groups is 2. The van der Waals surface area contributed by atoms with Crippen LogP contribution >= 0.6 is 0 Å². The topological polar surface area (TPSA) is 155 Å². The summed E-state index contributed by atoms with van der Waals surface area (Å²) in [5.41, 5.74) is 1.08. The molecule has 0 aliphatic heterocycles. The minimum atomic E-state index is -0.527. The second-order valence-electron chi connectivity index (χ2n) is 6.26. The van der Waals surface area contributed by atoms with Crippen molar-refractivity contribution >= 4 is 23.2 Å². The number of carbonyl (C=O) groups excluding carboxylic acids is 2. The van der Waals surface area contributed by atoms with Crippen LogP contribution in [0.5, 0.6) is 0 Å². The molecule has 0 aliphatic carbocycles. The molecule has 0 atom stereocenters. The first kappa shape index (κ1) is 19.7. The minimum absolute atomic E-state index is 0.0477. The van der Waals surface area contributed by atoms with Gasteiger partial charge in [0.2, 0.25) is 0 Å². The van der Waals surface area contributed by atoms with Gasteiger partial charge in [0.1, 0.15) is 18.1 Å². The van der Waals surface area contributed by atoms with E-state index < -0.39 is 16.7 Å². The van der Waals surface area contributed by atoms with Gasteiger partial charge in [-0.3, -0.25) is 29.1 Å². The van der Waals surface area contributed by atoms with Crippen LogP contribution in [0.25, 0.3) is 0 Å². The number of rotatable bonds is 6. The highest BCUT2D eigenvalue weighted by Gasteiger charge is 2.22. The molecule has 0 spiro atoms. The molecule has 3 rings (SSSR count). The van der Waals surface area contributed by atoms with Crippen molar-refractivity contribution in [1.82, 2.24) is 34.7 Å². The van der Waals surface area contributed by atoms with Crippen molar-refractivity contribution < 1.29 is 14.5 Å². The van der Waals surface area contributed by atoms with E-state index in [-0.39, 0.29) is 29.4 Å². The molecule has 0 aliphatic rings. The average Bonchev–Trinajstić information content (AvgIpc) is 3.33. The van der Waals surface area contributed by atoms with Crippen LogP contribution in [-0.4, -0.2) is 53.1 Å². The fourth-order valence-corrected chi connectivity index (χ4v) is 2.84. The van der Waals surface area contributed by atoms with E-state index in [4.69, 9.17) is 0 Å². The third-order valence-corrected chi connectivity index (χ3v) is 4.20. The van der Waals surface area contributed by atoms with Crippen LogP contribution in [0.4, 0.5) is 11.4 Å². The van der Waals surface area contributed by atoms with Crippen LogP contribution in [0.3, 0.4) is 0 Å². The number of nitro groups is 1. The van der Waals surface area contributed by atoms with E-state index in [0.717, 1.165) is 0 Å². The number of nitrogens with zero attached hydrogens (tertiary/aromatic N) is 7. The van der Waals surface area contributed by atoms with Gasteiger partial charge in [0.15, 0.2) is 11.4 Å². The van der Waals surface area contributed by atoms with Gasteiger partial charge in [-0.05, 0) is 19.9 Å². The lowest BCUT2D eigenvalue weighted by atomic mass is 10.3. The predicted molar refractivity (Wildman–Crippen MR) is 101 cm³/mol. The zero-order valence-corrected chi connectivity index (χ0v) is 16.2. The first-order chi connectivity index (χ1) is 13.7. The van der Waals surface area contributed by atoms with Crippen LogP contribution in [0.15, 0.2) is 18.5 Å². The standard InChI is InChI=1S/C16H19N9O4/c1-9-14(25(28)29)10(2)24(19-9)8-23-6-5-11(20-23)15(26)18-12-7-22(4)21-13(12)16(27)17-3/h5-7H,8H2,1-4H3,(H,17,27)(H,18,26). The van der Waals surface area contributed by atoms with Crippen LogP contribution in [0, 0.1) is 24.0 Å². The Morgan fingerprint density at radius 1 is 1.21 bits per heavy atom. The van der Waals surface area contributed by atoms with E-state index >= 15 is 0 Å². The Morgan fingerprint density at radius 3 is 2.55 bits per heavy atom. The van der Waals surface area contributed by atoms with Gasteiger partial charge in [-0.2, -0.15) is 15.3 Å². The smallest absolute Gasteiger partial charge is 0.312 e. The highest BCUT2D eigenvalue weighted by atomic mass is 16.6. The Morgan fingerprint density at radius 2 is 1.93 bits per heavy atom. The lowest BCUT2D eigenvalue weighted by molar-refractivity contribution is -0.386.